The minimum absolute atomic E-state index is 0.0866. The molecule has 0 saturated carbocycles. The van der Waals surface area contributed by atoms with E-state index < -0.39 is 36.0 Å². The minimum atomic E-state index is -0.981. The van der Waals surface area contributed by atoms with Gasteiger partial charge in [-0.25, -0.2) is 0 Å². The first-order valence-electron chi connectivity index (χ1n) is 17.2. The number of amides is 5. The minimum Gasteiger partial charge on any atom is -0.508 e. The molecule has 0 unspecified atom stereocenters. The molecule has 0 aromatic heterocycles. The Bertz CT molecular complexity index is 1210. The van der Waals surface area contributed by atoms with Crippen LogP contribution in [0.5, 0.6) is 5.75 Å². The lowest BCUT2D eigenvalue weighted by atomic mass is 10.0. The van der Waals surface area contributed by atoms with Gasteiger partial charge in [-0.15, -0.1) is 0 Å². The second-order valence-corrected chi connectivity index (χ2v) is 12.9. The van der Waals surface area contributed by atoms with Crippen LogP contribution in [0.25, 0.3) is 0 Å². The molecular formula is C34H52N6O6. The van der Waals surface area contributed by atoms with E-state index in [1.54, 1.807) is 21.9 Å². The fourth-order valence-corrected chi connectivity index (χ4v) is 6.98. The monoisotopic (exact) mass is 640 g/mol. The van der Waals surface area contributed by atoms with Crippen molar-refractivity contribution in [3.63, 3.8) is 0 Å². The van der Waals surface area contributed by atoms with Crippen molar-refractivity contribution in [2.24, 2.45) is 5.73 Å². The number of rotatable bonds is 16. The molecule has 4 rings (SSSR count). The maximum absolute atomic E-state index is 13.9. The van der Waals surface area contributed by atoms with E-state index >= 15 is 0 Å². The van der Waals surface area contributed by atoms with Crippen LogP contribution in [0.4, 0.5) is 0 Å². The number of nitrogens with zero attached hydrogens (tertiary/aromatic N) is 3. The van der Waals surface area contributed by atoms with Gasteiger partial charge in [-0.2, -0.15) is 0 Å². The van der Waals surface area contributed by atoms with Crippen LogP contribution in [-0.4, -0.2) is 106 Å². The van der Waals surface area contributed by atoms with Crippen molar-refractivity contribution in [3.05, 3.63) is 29.8 Å². The number of carbonyl (C=O) groups is 5. The van der Waals surface area contributed by atoms with Gasteiger partial charge in [0.1, 0.15) is 29.9 Å². The van der Waals surface area contributed by atoms with Gasteiger partial charge in [-0.1, -0.05) is 51.2 Å². The molecule has 12 nitrogen and oxygen atoms in total. The first-order valence-corrected chi connectivity index (χ1v) is 17.2. The number of primary amides is 1. The number of likely N-dealkylation sites (tertiary alicyclic amines) is 3. The Balaban J connectivity index is 1.31. The Labute approximate surface area is 272 Å². The Morgan fingerprint density at radius 3 is 1.98 bits per heavy atom. The number of unbranched alkanes of at least 4 members (excludes halogenated alkanes) is 5. The highest BCUT2D eigenvalue weighted by Crippen LogP contribution is 2.28. The zero-order valence-corrected chi connectivity index (χ0v) is 27.3. The van der Waals surface area contributed by atoms with E-state index in [0.717, 1.165) is 31.4 Å². The summed E-state index contributed by atoms with van der Waals surface area (Å²) in [5.74, 6) is -1.61. The summed E-state index contributed by atoms with van der Waals surface area (Å²) in [5.41, 5.74) is 6.32. The van der Waals surface area contributed by atoms with Crippen molar-refractivity contribution in [2.75, 3.05) is 32.7 Å². The number of nitrogens with two attached hydrogens (primary N) is 1. The number of hydrogen-bond acceptors (Lipinski definition) is 7. The van der Waals surface area contributed by atoms with E-state index in [-0.39, 0.29) is 36.4 Å². The lowest BCUT2D eigenvalue weighted by molar-refractivity contribution is -0.150. The molecule has 3 aliphatic rings. The van der Waals surface area contributed by atoms with Crippen LogP contribution in [-0.2, 0) is 30.4 Å². The van der Waals surface area contributed by atoms with Gasteiger partial charge < -0.3 is 36.2 Å². The van der Waals surface area contributed by atoms with E-state index in [0.29, 0.717) is 51.7 Å². The highest BCUT2D eigenvalue weighted by atomic mass is 16.3. The van der Waals surface area contributed by atoms with Gasteiger partial charge in [0.25, 0.3) is 0 Å². The highest BCUT2D eigenvalue weighted by molar-refractivity contribution is 5.96. The third kappa shape index (κ3) is 9.20. The third-order valence-corrected chi connectivity index (χ3v) is 9.54. The van der Waals surface area contributed by atoms with Gasteiger partial charge in [0.2, 0.25) is 29.5 Å². The summed E-state index contributed by atoms with van der Waals surface area (Å²) in [6, 6.07) is 3.28. The summed E-state index contributed by atoms with van der Waals surface area (Å²) in [4.78, 5) is 71.2. The largest absolute Gasteiger partial charge is 0.508 e. The third-order valence-electron chi connectivity index (χ3n) is 9.54. The van der Waals surface area contributed by atoms with E-state index in [4.69, 9.17) is 5.73 Å². The molecule has 3 fully saturated rings. The summed E-state index contributed by atoms with van der Waals surface area (Å²) in [7, 11) is 0. The van der Waals surface area contributed by atoms with Crippen LogP contribution in [0.15, 0.2) is 24.3 Å². The molecule has 3 heterocycles. The Morgan fingerprint density at radius 2 is 1.35 bits per heavy atom. The van der Waals surface area contributed by atoms with Crippen LogP contribution >= 0.6 is 0 Å². The number of nitrogens with one attached hydrogen (secondary N) is 2. The van der Waals surface area contributed by atoms with Crippen molar-refractivity contribution >= 4 is 29.5 Å². The van der Waals surface area contributed by atoms with E-state index in [1.165, 1.54) is 42.7 Å². The predicted octanol–water partition coefficient (Wildman–Crippen LogP) is 1.83. The van der Waals surface area contributed by atoms with Crippen molar-refractivity contribution in [1.82, 2.24) is 25.3 Å². The molecule has 5 amide bonds. The van der Waals surface area contributed by atoms with Gasteiger partial charge in [-0.3, -0.25) is 24.0 Å². The number of phenolic OH excluding ortho intramolecular Hbond substituents is 1. The van der Waals surface area contributed by atoms with Gasteiger partial charge in [0, 0.05) is 26.1 Å². The molecule has 5 N–H and O–H groups in total. The quantitative estimate of drug-likeness (QED) is 0.200. The number of phenols is 1. The Morgan fingerprint density at radius 1 is 0.804 bits per heavy atom. The molecule has 12 heteroatoms. The number of benzene rings is 1. The van der Waals surface area contributed by atoms with Crippen LogP contribution in [0.3, 0.4) is 0 Å². The first-order chi connectivity index (χ1) is 22.2. The number of carbonyl (C=O) groups excluding carboxylic acids is 5. The maximum Gasteiger partial charge on any atom is 0.246 e. The smallest absolute Gasteiger partial charge is 0.246 e. The lowest BCUT2D eigenvalue weighted by Crippen LogP contribution is -2.57. The Hall–Kier alpha value is -3.67. The fraction of sp³-hybridized carbons (Fsp3) is 0.676. The average Bonchev–Trinajstić information content (AvgIpc) is 3.83. The van der Waals surface area contributed by atoms with Crippen molar-refractivity contribution in [3.8, 4) is 5.75 Å². The summed E-state index contributed by atoms with van der Waals surface area (Å²) < 4.78 is 0. The fourth-order valence-electron chi connectivity index (χ4n) is 6.98. The van der Waals surface area contributed by atoms with E-state index in [1.807, 2.05) is 0 Å². The second-order valence-electron chi connectivity index (χ2n) is 12.9. The van der Waals surface area contributed by atoms with Crippen molar-refractivity contribution in [1.29, 1.82) is 0 Å². The lowest BCUT2D eigenvalue weighted by Gasteiger charge is -2.34. The molecule has 1 aromatic rings. The van der Waals surface area contributed by atoms with Gasteiger partial charge in [0.05, 0.1) is 6.54 Å². The van der Waals surface area contributed by atoms with Gasteiger partial charge >= 0.3 is 0 Å². The van der Waals surface area contributed by atoms with Crippen LogP contribution < -0.4 is 16.4 Å². The van der Waals surface area contributed by atoms with E-state index in [9.17, 15) is 29.1 Å². The molecule has 254 valence electrons. The van der Waals surface area contributed by atoms with Crippen LogP contribution in [0.1, 0.15) is 89.5 Å². The molecule has 0 aliphatic carbocycles. The molecule has 4 atom stereocenters. The normalized spacial score (nSPS) is 21.8. The summed E-state index contributed by atoms with van der Waals surface area (Å²) >= 11 is 0. The molecule has 3 aliphatic heterocycles. The van der Waals surface area contributed by atoms with Crippen LogP contribution in [0.2, 0.25) is 0 Å². The zero-order chi connectivity index (χ0) is 33.1. The maximum atomic E-state index is 13.9. The summed E-state index contributed by atoms with van der Waals surface area (Å²) in [6.45, 7) is 4.51. The molecule has 1 aromatic carbocycles. The standard InChI is InChI=1S/C34H52N6O6/c1-2-3-4-5-6-7-18-36-23-30(42)38-19-9-12-28(38)33(45)40-21-10-13-29(40)34(46)39-20-8-11-27(39)32(44)37-26(31(35)43)22-24-14-16-25(41)17-15-24/h14-17,26-29,36,41H,2-13,18-23H2,1H3,(H2,35,43)(H,37,44)/t26-,27-,28-,29-/m0/s1. The average molecular weight is 641 g/mol. The first kappa shape index (κ1) is 35.2. The summed E-state index contributed by atoms with van der Waals surface area (Å²) in [5, 5.41) is 15.5. The highest BCUT2D eigenvalue weighted by Gasteiger charge is 2.45. The summed E-state index contributed by atoms with van der Waals surface area (Å²) in [6.07, 6.45) is 10.8. The van der Waals surface area contributed by atoms with Gasteiger partial charge in [-0.05, 0) is 69.2 Å². The molecule has 3 saturated heterocycles. The van der Waals surface area contributed by atoms with Crippen molar-refractivity contribution < 1.29 is 29.1 Å². The second kappa shape index (κ2) is 17.3. The molecule has 46 heavy (non-hydrogen) atoms. The molecular weight excluding hydrogens is 588 g/mol. The van der Waals surface area contributed by atoms with E-state index in [2.05, 4.69) is 17.6 Å². The Kier molecular flexibility index (Phi) is 13.2. The van der Waals surface area contributed by atoms with Crippen LogP contribution in [0, 0.1) is 0 Å². The molecule has 0 spiro atoms. The molecule has 0 bridgehead atoms. The zero-order valence-electron chi connectivity index (χ0n) is 27.3. The topological polar surface area (TPSA) is 165 Å². The number of aromatic hydroxyl groups is 1. The number of hydrogen-bond donors (Lipinski definition) is 4. The molecule has 0 radical (unpaired) electrons. The van der Waals surface area contributed by atoms with Crippen molar-refractivity contribution in [2.45, 2.75) is 115 Å². The predicted molar refractivity (Wildman–Crippen MR) is 173 cm³/mol. The van der Waals surface area contributed by atoms with Gasteiger partial charge in [0.15, 0.2) is 0 Å². The SMILES string of the molecule is CCCCCCCCNCC(=O)N1CCC[C@H]1C(=O)N1CCC[C@H]1C(=O)N1CCC[C@H]1C(=O)N[C@@H](Cc1ccc(O)cc1)C(N)=O.